The number of hydrogen-bond acceptors (Lipinski definition) is 4. The van der Waals surface area contributed by atoms with Crippen molar-refractivity contribution in [3.05, 3.63) is 58.4 Å². The van der Waals surface area contributed by atoms with Gasteiger partial charge < -0.3 is 10.1 Å². The zero-order valence-electron chi connectivity index (χ0n) is 19.0. The molecule has 1 amide bonds. The minimum atomic E-state index is -0.709. The lowest BCUT2D eigenvalue weighted by atomic mass is 9.94. The molecule has 6 nitrogen and oxygen atoms in total. The van der Waals surface area contributed by atoms with Gasteiger partial charge in [0.15, 0.2) is 6.61 Å². The molecule has 0 atom stereocenters. The number of terminal acetylenes is 1. The molecule has 0 bridgehead atoms. The standard InChI is InChI=1S/C25H31N3O3/c1-7-25(8-2,9-3)26-23(29)17-31-24(30)15-14-22-19(5)27-28(20(22)6)16-21-12-10-18(4)11-13-21/h1,10-15H,8-9,16-17H2,2-6H3,(H,26,29)/b15-14+. The van der Waals surface area contributed by atoms with E-state index in [0.717, 1.165) is 22.5 Å². The molecule has 2 aromatic rings. The van der Waals surface area contributed by atoms with Gasteiger partial charge in [-0.2, -0.15) is 5.10 Å². The normalized spacial score (nSPS) is 11.4. The van der Waals surface area contributed by atoms with E-state index < -0.39 is 17.4 Å². The quantitative estimate of drug-likeness (QED) is 0.380. The van der Waals surface area contributed by atoms with E-state index in [1.165, 1.54) is 11.6 Å². The highest BCUT2D eigenvalue weighted by Crippen LogP contribution is 2.17. The van der Waals surface area contributed by atoms with Gasteiger partial charge >= 0.3 is 5.97 Å². The van der Waals surface area contributed by atoms with Crippen molar-refractivity contribution in [1.29, 1.82) is 0 Å². The molecule has 1 aromatic heterocycles. The molecule has 1 heterocycles. The molecule has 1 N–H and O–H groups in total. The number of ether oxygens (including phenoxy) is 1. The predicted molar refractivity (Wildman–Crippen MR) is 122 cm³/mol. The highest BCUT2D eigenvalue weighted by molar-refractivity contribution is 5.89. The van der Waals surface area contributed by atoms with Gasteiger partial charge in [-0.05, 0) is 45.3 Å². The van der Waals surface area contributed by atoms with Crippen LogP contribution in [0.4, 0.5) is 0 Å². The van der Waals surface area contributed by atoms with E-state index >= 15 is 0 Å². The lowest BCUT2D eigenvalue weighted by Crippen LogP contribution is -2.48. The fourth-order valence-electron chi connectivity index (χ4n) is 3.28. The molecule has 31 heavy (non-hydrogen) atoms. The van der Waals surface area contributed by atoms with Crippen LogP contribution in [0.15, 0.2) is 30.3 Å². The van der Waals surface area contributed by atoms with Gasteiger partial charge in [0.05, 0.1) is 12.2 Å². The number of amides is 1. The molecule has 0 unspecified atom stereocenters. The third kappa shape index (κ3) is 6.32. The molecular formula is C25H31N3O3. The van der Waals surface area contributed by atoms with Crippen LogP contribution in [0.2, 0.25) is 0 Å². The van der Waals surface area contributed by atoms with Crippen LogP contribution in [0.1, 0.15) is 54.8 Å². The summed E-state index contributed by atoms with van der Waals surface area (Å²) in [5.74, 6) is 1.61. The van der Waals surface area contributed by atoms with Gasteiger partial charge in [0.2, 0.25) is 0 Å². The number of carbonyl (C=O) groups excluding carboxylic acids is 2. The molecule has 0 saturated carbocycles. The third-order valence-electron chi connectivity index (χ3n) is 5.48. The number of nitrogens with zero attached hydrogens (tertiary/aromatic N) is 2. The second kappa shape index (κ2) is 10.6. The van der Waals surface area contributed by atoms with Gasteiger partial charge in [0.25, 0.3) is 5.91 Å². The molecule has 164 valence electrons. The van der Waals surface area contributed by atoms with Crippen molar-refractivity contribution in [3.8, 4) is 12.3 Å². The molecule has 0 aliphatic heterocycles. The van der Waals surface area contributed by atoms with E-state index in [4.69, 9.17) is 11.2 Å². The zero-order valence-corrected chi connectivity index (χ0v) is 19.0. The molecule has 6 heteroatoms. The molecule has 0 fully saturated rings. The first-order chi connectivity index (χ1) is 14.7. The second-order valence-electron chi connectivity index (χ2n) is 7.65. The van der Waals surface area contributed by atoms with E-state index in [2.05, 4.69) is 47.5 Å². The molecule has 0 aliphatic carbocycles. The van der Waals surface area contributed by atoms with Crippen LogP contribution in [0.25, 0.3) is 6.08 Å². The highest BCUT2D eigenvalue weighted by atomic mass is 16.5. The minimum Gasteiger partial charge on any atom is -0.452 e. The Hall–Kier alpha value is -3.33. The number of nitrogens with one attached hydrogen (secondary N) is 1. The summed E-state index contributed by atoms with van der Waals surface area (Å²) in [6.07, 6.45) is 9.73. The maximum atomic E-state index is 12.1. The number of benzene rings is 1. The topological polar surface area (TPSA) is 73.2 Å². The van der Waals surface area contributed by atoms with Gasteiger partial charge in [-0.15, -0.1) is 6.42 Å². The van der Waals surface area contributed by atoms with Gasteiger partial charge in [0, 0.05) is 17.3 Å². The first kappa shape index (κ1) is 23.9. The SMILES string of the molecule is C#CC(CC)(CC)NC(=O)COC(=O)/C=C/c1c(C)nn(Cc2ccc(C)cc2)c1C. The summed E-state index contributed by atoms with van der Waals surface area (Å²) in [7, 11) is 0. The van der Waals surface area contributed by atoms with E-state index in [9.17, 15) is 9.59 Å². The van der Waals surface area contributed by atoms with Crippen LogP contribution >= 0.6 is 0 Å². The van der Waals surface area contributed by atoms with Crippen molar-refractivity contribution in [3.63, 3.8) is 0 Å². The lowest BCUT2D eigenvalue weighted by Gasteiger charge is -2.26. The number of aryl methyl sites for hydroxylation is 2. The summed E-state index contributed by atoms with van der Waals surface area (Å²) in [5.41, 5.74) is 4.28. The van der Waals surface area contributed by atoms with Crippen LogP contribution < -0.4 is 5.32 Å². The Balaban J connectivity index is 1.98. The van der Waals surface area contributed by atoms with E-state index in [-0.39, 0.29) is 6.61 Å². The van der Waals surface area contributed by atoms with Crippen LogP contribution in [0.3, 0.4) is 0 Å². The van der Waals surface area contributed by atoms with Gasteiger partial charge in [-0.1, -0.05) is 49.6 Å². The van der Waals surface area contributed by atoms with E-state index in [0.29, 0.717) is 19.4 Å². The van der Waals surface area contributed by atoms with Crippen molar-refractivity contribution < 1.29 is 14.3 Å². The number of esters is 1. The largest absolute Gasteiger partial charge is 0.452 e. The Kier molecular flexibility index (Phi) is 8.21. The van der Waals surface area contributed by atoms with Gasteiger partial charge in [0.1, 0.15) is 5.54 Å². The number of rotatable bonds is 9. The zero-order chi connectivity index (χ0) is 23.0. The molecule has 0 saturated heterocycles. The van der Waals surface area contributed by atoms with Crippen LogP contribution in [-0.4, -0.2) is 33.8 Å². The summed E-state index contributed by atoms with van der Waals surface area (Å²) < 4.78 is 6.97. The summed E-state index contributed by atoms with van der Waals surface area (Å²) in [4.78, 5) is 24.2. The Morgan fingerprint density at radius 3 is 2.42 bits per heavy atom. The van der Waals surface area contributed by atoms with E-state index in [1.807, 2.05) is 32.4 Å². The monoisotopic (exact) mass is 421 g/mol. The van der Waals surface area contributed by atoms with Crippen LogP contribution in [0.5, 0.6) is 0 Å². The summed E-state index contributed by atoms with van der Waals surface area (Å²) in [5, 5.41) is 7.35. The number of hydrogen-bond donors (Lipinski definition) is 1. The Labute approximate surface area is 184 Å². The van der Waals surface area contributed by atoms with Crippen molar-refractivity contribution in [2.45, 2.75) is 59.5 Å². The Bertz CT molecular complexity index is 990. The fourth-order valence-corrected chi connectivity index (χ4v) is 3.28. The van der Waals surface area contributed by atoms with Crippen molar-refractivity contribution in [2.75, 3.05) is 6.61 Å². The maximum Gasteiger partial charge on any atom is 0.331 e. The van der Waals surface area contributed by atoms with Crippen molar-refractivity contribution in [2.24, 2.45) is 0 Å². The van der Waals surface area contributed by atoms with Crippen molar-refractivity contribution >= 4 is 18.0 Å². The fraction of sp³-hybridized carbons (Fsp3) is 0.400. The van der Waals surface area contributed by atoms with Crippen LogP contribution in [0, 0.1) is 33.1 Å². The molecule has 0 spiro atoms. The summed E-state index contributed by atoms with van der Waals surface area (Å²) >= 11 is 0. The Morgan fingerprint density at radius 1 is 1.19 bits per heavy atom. The highest BCUT2D eigenvalue weighted by Gasteiger charge is 2.25. The predicted octanol–water partition coefficient (Wildman–Crippen LogP) is 3.72. The average molecular weight is 422 g/mol. The smallest absolute Gasteiger partial charge is 0.331 e. The number of carbonyl (C=O) groups is 2. The van der Waals surface area contributed by atoms with Gasteiger partial charge in [-0.3, -0.25) is 9.48 Å². The Morgan fingerprint density at radius 2 is 1.84 bits per heavy atom. The first-order valence-electron chi connectivity index (χ1n) is 10.5. The molecule has 0 aliphatic rings. The third-order valence-corrected chi connectivity index (χ3v) is 5.48. The molecule has 2 rings (SSSR count). The molecular weight excluding hydrogens is 390 g/mol. The lowest BCUT2D eigenvalue weighted by molar-refractivity contribution is -0.144. The summed E-state index contributed by atoms with van der Waals surface area (Å²) in [6.45, 7) is 9.99. The summed E-state index contributed by atoms with van der Waals surface area (Å²) in [6, 6.07) is 8.30. The minimum absolute atomic E-state index is 0.378. The first-order valence-corrected chi connectivity index (χ1v) is 10.5. The molecule has 0 radical (unpaired) electrons. The second-order valence-corrected chi connectivity index (χ2v) is 7.65. The average Bonchev–Trinajstić information content (AvgIpc) is 3.03. The number of aromatic nitrogens is 2. The van der Waals surface area contributed by atoms with Crippen molar-refractivity contribution in [1.82, 2.24) is 15.1 Å². The molecule has 1 aromatic carbocycles. The van der Waals surface area contributed by atoms with Crippen LogP contribution in [-0.2, 0) is 20.9 Å². The van der Waals surface area contributed by atoms with Gasteiger partial charge in [-0.25, -0.2) is 4.79 Å². The van der Waals surface area contributed by atoms with E-state index in [1.54, 1.807) is 6.08 Å². The maximum absolute atomic E-state index is 12.1.